The van der Waals surface area contributed by atoms with E-state index in [9.17, 15) is 9.59 Å². The van der Waals surface area contributed by atoms with Gasteiger partial charge in [0.2, 0.25) is 0 Å². The number of esters is 1. The second-order valence-electron chi connectivity index (χ2n) is 5.19. The molecule has 1 aromatic rings. The summed E-state index contributed by atoms with van der Waals surface area (Å²) in [5.41, 5.74) is 1.84. The van der Waals surface area contributed by atoms with Crippen molar-refractivity contribution in [1.29, 1.82) is 0 Å². The number of rotatable bonds is 7. The predicted molar refractivity (Wildman–Crippen MR) is 76.7 cm³/mol. The Morgan fingerprint density at radius 3 is 2.45 bits per heavy atom. The largest absolute Gasteiger partial charge is 0.469 e. The minimum Gasteiger partial charge on any atom is -0.469 e. The van der Waals surface area contributed by atoms with Crippen LogP contribution in [-0.4, -0.2) is 30.9 Å². The fourth-order valence-electron chi connectivity index (χ4n) is 2.12. The van der Waals surface area contributed by atoms with Gasteiger partial charge in [0.1, 0.15) is 0 Å². The van der Waals surface area contributed by atoms with Gasteiger partial charge < -0.3 is 10.1 Å². The SMILES string of the molecule is CCc1ccc(C(=O)C(CC(=O)OC)NC2CC2)cc1. The third-order valence-corrected chi connectivity index (χ3v) is 3.58. The Morgan fingerprint density at radius 1 is 1.30 bits per heavy atom. The lowest BCUT2D eigenvalue weighted by molar-refractivity contribution is -0.140. The number of ether oxygens (including phenoxy) is 1. The van der Waals surface area contributed by atoms with Crippen LogP contribution in [-0.2, 0) is 16.0 Å². The molecular formula is C16H21NO3. The van der Waals surface area contributed by atoms with E-state index in [4.69, 9.17) is 0 Å². The molecule has 0 spiro atoms. The molecule has 0 amide bonds. The molecule has 0 saturated heterocycles. The minimum atomic E-state index is -0.484. The van der Waals surface area contributed by atoms with E-state index in [2.05, 4.69) is 17.0 Å². The van der Waals surface area contributed by atoms with Gasteiger partial charge in [-0.15, -0.1) is 0 Å². The molecule has 1 aliphatic carbocycles. The second-order valence-corrected chi connectivity index (χ2v) is 5.19. The number of hydrogen-bond acceptors (Lipinski definition) is 4. The summed E-state index contributed by atoms with van der Waals surface area (Å²) in [6.07, 6.45) is 3.17. The highest BCUT2D eigenvalue weighted by molar-refractivity contribution is 6.01. The zero-order valence-electron chi connectivity index (χ0n) is 12.0. The van der Waals surface area contributed by atoms with Crippen LogP contribution in [0, 0.1) is 0 Å². The highest BCUT2D eigenvalue weighted by Crippen LogP contribution is 2.21. The Kier molecular flexibility index (Phi) is 4.90. The number of methoxy groups -OCH3 is 1. The molecule has 1 saturated carbocycles. The zero-order chi connectivity index (χ0) is 14.5. The Labute approximate surface area is 119 Å². The van der Waals surface area contributed by atoms with Crippen molar-refractivity contribution in [1.82, 2.24) is 5.32 Å². The summed E-state index contributed by atoms with van der Waals surface area (Å²) in [6.45, 7) is 2.07. The van der Waals surface area contributed by atoms with Crippen LogP contribution in [0.4, 0.5) is 0 Å². The standard InChI is InChI=1S/C16H21NO3/c1-3-11-4-6-12(7-5-11)16(19)14(10-15(18)20-2)17-13-8-9-13/h4-7,13-14,17H,3,8-10H2,1-2H3. The summed E-state index contributed by atoms with van der Waals surface area (Å²) < 4.78 is 4.67. The average Bonchev–Trinajstić information content (AvgIpc) is 3.29. The van der Waals surface area contributed by atoms with Gasteiger partial charge in [-0.1, -0.05) is 31.2 Å². The van der Waals surface area contributed by atoms with Gasteiger partial charge in [0.15, 0.2) is 5.78 Å². The maximum atomic E-state index is 12.5. The van der Waals surface area contributed by atoms with Crippen molar-refractivity contribution in [3.8, 4) is 0 Å². The van der Waals surface area contributed by atoms with Crippen LogP contribution < -0.4 is 5.32 Å². The van der Waals surface area contributed by atoms with Crippen molar-refractivity contribution in [2.75, 3.05) is 7.11 Å². The maximum Gasteiger partial charge on any atom is 0.307 e. The number of carbonyl (C=O) groups is 2. The lowest BCUT2D eigenvalue weighted by Gasteiger charge is -2.16. The lowest BCUT2D eigenvalue weighted by atomic mass is 9.99. The van der Waals surface area contributed by atoms with E-state index in [0.717, 1.165) is 19.3 Å². The van der Waals surface area contributed by atoms with Gasteiger partial charge in [-0.05, 0) is 24.8 Å². The molecule has 108 valence electrons. The molecule has 4 heteroatoms. The third-order valence-electron chi connectivity index (χ3n) is 3.58. The van der Waals surface area contributed by atoms with E-state index < -0.39 is 6.04 Å². The fraction of sp³-hybridized carbons (Fsp3) is 0.500. The van der Waals surface area contributed by atoms with Crippen molar-refractivity contribution in [3.05, 3.63) is 35.4 Å². The van der Waals surface area contributed by atoms with Crippen LogP contribution in [0.15, 0.2) is 24.3 Å². The monoisotopic (exact) mass is 275 g/mol. The van der Waals surface area contributed by atoms with E-state index in [1.54, 1.807) is 0 Å². The molecule has 0 bridgehead atoms. The van der Waals surface area contributed by atoms with Crippen molar-refractivity contribution in [2.24, 2.45) is 0 Å². The first-order chi connectivity index (χ1) is 9.63. The summed E-state index contributed by atoms with van der Waals surface area (Å²) in [4.78, 5) is 23.9. The summed E-state index contributed by atoms with van der Waals surface area (Å²) in [5, 5.41) is 3.23. The fourth-order valence-corrected chi connectivity index (χ4v) is 2.12. The van der Waals surface area contributed by atoms with Gasteiger partial charge in [0.05, 0.1) is 19.6 Å². The Hall–Kier alpha value is -1.68. The molecule has 0 heterocycles. The summed E-state index contributed by atoms with van der Waals surface area (Å²) in [7, 11) is 1.34. The molecular weight excluding hydrogens is 254 g/mol. The molecule has 2 rings (SSSR count). The maximum absolute atomic E-state index is 12.5. The third kappa shape index (κ3) is 3.90. The van der Waals surface area contributed by atoms with Crippen LogP contribution in [0.2, 0.25) is 0 Å². The van der Waals surface area contributed by atoms with Crippen molar-refractivity contribution in [2.45, 2.75) is 44.7 Å². The van der Waals surface area contributed by atoms with Crippen molar-refractivity contribution in [3.63, 3.8) is 0 Å². The highest BCUT2D eigenvalue weighted by atomic mass is 16.5. The number of benzene rings is 1. The van der Waals surface area contributed by atoms with Gasteiger partial charge in [0.25, 0.3) is 0 Å². The van der Waals surface area contributed by atoms with Gasteiger partial charge in [-0.25, -0.2) is 0 Å². The number of Topliss-reactive ketones (excluding diaryl/α,β-unsaturated/α-hetero) is 1. The molecule has 0 aliphatic heterocycles. The number of hydrogen-bond donors (Lipinski definition) is 1. The smallest absolute Gasteiger partial charge is 0.307 e. The molecule has 1 aliphatic rings. The van der Waals surface area contributed by atoms with Crippen molar-refractivity contribution >= 4 is 11.8 Å². The molecule has 0 aromatic heterocycles. The molecule has 20 heavy (non-hydrogen) atoms. The normalized spacial score (nSPS) is 15.7. The minimum absolute atomic E-state index is 0.0371. The summed E-state index contributed by atoms with van der Waals surface area (Å²) >= 11 is 0. The van der Waals surface area contributed by atoms with Crippen LogP contribution in [0.5, 0.6) is 0 Å². The Balaban J connectivity index is 2.08. The number of carbonyl (C=O) groups excluding carboxylic acids is 2. The lowest BCUT2D eigenvalue weighted by Crippen LogP contribution is -2.40. The van der Waals surface area contributed by atoms with E-state index in [0.29, 0.717) is 11.6 Å². The molecule has 1 aromatic carbocycles. The van der Waals surface area contributed by atoms with Crippen LogP contribution >= 0.6 is 0 Å². The zero-order valence-corrected chi connectivity index (χ0v) is 12.0. The highest BCUT2D eigenvalue weighted by Gasteiger charge is 2.30. The Morgan fingerprint density at radius 2 is 1.95 bits per heavy atom. The van der Waals surface area contributed by atoms with Gasteiger partial charge in [-0.3, -0.25) is 9.59 Å². The van der Waals surface area contributed by atoms with Gasteiger partial charge >= 0.3 is 5.97 Å². The van der Waals surface area contributed by atoms with E-state index in [-0.39, 0.29) is 18.2 Å². The first kappa shape index (κ1) is 14.7. The van der Waals surface area contributed by atoms with Crippen molar-refractivity contribution < 1.29 is 14.3 Å². The molecule has 0 radical (unpaired) electrons. The number of ketones is 1. The van der Waals surface area contributed by atoms with Gasteiger partial charge in [-0.2, -0.15) is 0 Å². The Bertz CT molecular complexity index is 477. The molecule has 1 N–H and O–H groups in total. The summed E-state index contributed by atoms with van der Waals surface area (Å²) in [5.74, 6) is -0.397. The quantitative estimate of drug-likeness (QED) is 0.611. The average molecular weight is 275 g/mol. The molecule has 1 unspecified atom stereocenters. The summed E-state index contributed by atoms with van der Waals surface area (Å²) in [6, 6.07) is 7.46. The number of aryl methyl sites for hydroxylation is 1. The molecule has 4 nitrogen and oxygen atoms in total. The van der Waals surface area contributed by atoms with E-state index >= 15 is 0 Å². The van der Waals surface area contributed by atoms with E-state index in [1.165, 1.54) is 12.7 Å². The molecule has 1 atom stereocenters. The number of nitrogens with one attached hydrogen (secondary N) is 1. The predicted octanol–water partition coefficient (Wildman–Crippen LogP) is 2.12. The van der Waals surface area contributed by atoms with Gasteiger partial charge in [0, 0.05) is 11.6 Å². The first-order valence-corrected chi connectivity index (χ1v) is 7.10. The van der Waals surface area contributed by atoms with E-state index in [1.807, 2.05) is 24.3 Å². The first-order valence-electron chi connectivity index (χ1n) is 7.10. The van der Waals surface area contributed by atoms with Crippen LogP contribution in [0.25, 0.3) is 0 Å². The van der Waals surface area contributed by atoms with Crippen LogP contribution in [0.1, 0.15) is 42.1 Å². The molecule has 1 fully saturated rings. The van der Waals surface area contributed by atoms with Crippen LogP contribution in [0.3, 0.4) is 0 Å². The topological polar surface area (TPSA) is 55.4 Å². The second kappa shape index (κ2) is 6.66.